The molecule has 6 nitrogen and oxygen atoms in total. The minimum atomic E-state index is -3.58. The predicted octanol–water partition coefficient (Wildman–Crippen LogP) is 1.32. The molecule has 3 heterocycles. The van der Waals surface area contributed by atoms with Gasteiger partial charge in [0.15, 0.2) is 0 Å². The van der Waals surface area contributed by atoms with Gasteiger partial charge in [-0.3, -0.25) is 4.90 Å². The van der Waals surface area contributed by atoms with Crippen molar-refractivity contribution in [3.05, 3.63) is 11.5 Å². The molecule has 8 heteroatoms. The highest BCUT2D eigenvalue weighted by molar-refractivity contribution is 7.89. The Morgan fingerprint density at radius 1 is 1.24 bits per heavy atom. The van der Waals surface area contributed by atoms with E-state index >= 15 is 0 Å². The molecular weight excluding hydrogens is 312 g/mol. The summed E-state index contributed by atoms with van der Waals surface area (Å²) in [6.45, 7) is 3.28. The lowest BCUT2D eigenvalue weighted by Crippen LogP contribution is -2.41. The second kappa shape index (κ2) is 5.87. The van der Waals surface area contributed by atoms with E-state index in [-0.39, 0.29) is 10.2 Å². The van der Waals surface area contributed by atoms with Gasteiger partial charge in [0.25, 0.3) is 10.0 Å². The molecule has 0 bridgehead atoms. The van der Waals surface area contributed by atoms with Gasteiger partial charge in [-0.1, -0.05) is 18.0 Å². The first-order valence-corrected chi connectivity index (χ1v) is 9.23. The van der Waals surface area contributed by atoms with Crippen LogP contribution in [0.25, 0.3) is 0 Å². The van der Waals surface area contributed by atoms with Gasteiger partial charge in [0.1, 0.15) is 5.15 Å². The van der Waals surface area contributed by atoms with Gasteiger partial charge < -0.3 is 4.57 Å². The molecule has 0 aliphatic carbocycles. The Morgan fingerprint density at radius 3 is 2.57 bits per heavy atom. The normalized spacial score (nSPS) is 25.5. The van der Waals surface area contributed by atoms with E-state index in [2.05, 4.69) is 9.88 Å². The summed E-state index contributed by atoms with van der Waals surface area (Å²) >= 11 is 6.04. The third kappa shape index (κ3) is 2.84. The fourth-order valence-electron chi connectivity index (χ4n) is 3.20. The Balaban J connectivity index is 1.74. The van der Waals surface area contributed by atoms with Crippen molar-refractivity contribution in [2.75, 3.05) is 26.2 Å². The summed E-state index contributed by atoms with van der Waals surface area (Å²) in [6, 6.07) is 0.336. The Labute approximate surface area is 130 Å². The van der Waals surface area contributed by atoms with Crippen molar-refractivity contribution < 1.29 is 8.42 Å². The van der Waals surface area contributed by atoms with Crippen LogP contribution in [0, 0.1) is 0 Å². The first-order chi connectivity index (χ1) is 10.00. The molecule has 118 valence electrons. The van der Waals surface area contributed by atoms with Crippen LogP contribution in [0.3, 0.4) is 0 Å². The first-order valence-electron chi connectivity index (χ1n) is 7.41. The summed E-state index contributed by atoms with van der Waals surface area (Å²) in [5.41, 5.74) is 0. The Morgan fingerprint density at radius 2 is 1.95 bits per heavy atom. The van der Waals surface area contributed by atoms with Crippen molar-refractivity contribution in [2.24, 2.45) is 7.05 Å². The number of aromatic nitrogens is 2. The molecule has 2 saturated heterocycles. The lowest BCUT2D eigenvalue weighted by molar-refractivity contribution is 0.169. The van der Waals surface area contributed by atoms with E-state index in [0.717, 1.165) is 19.5 Å². The highest BCUT2D eigenvalue weighted by atomic mass is 35.5. The van der Waals surface area contributed by atoms with E-state index in [0.29, 0.717) is 19.1 Å². The molecule has 1 atom stereocenters. The lowest BCUT2D eigenvalue weighted by atomic mass is 10.1. The molecule has 1 aromatic heterocycles. The summed E-state index contributed by atoms with van der Waals surface area (Å²) in [6.07, 6.45) is 6.05. The first kappa shape index (κ1) is 15.3. The molecule has 3 rings (SSSR count). The highest BCUT2D eigenvalue weighted by Gasteiger charge is 2.37. The minimum Gasteiger partial charge on any atom is -0.324 e. The van der Waals surface area contributed by atoms with Crippen molar-refractivity contribution in [2.45, 2.75) is 36.8 Å². The number of aryl methyl sites for hydroxylation is 1. The fraction of sp³-hybridized carbons (Fsp3) is 0.769. The number of hydrogen-bond acceptors (Lipinski definition) is 4. The number of imidazole rings is 1. The molecule has 0 N–H and O–H groups in total. The van der Waals surface area contributed by atoms with Crippen molar-refractivity contribution in [3.8, 4) is 0 Å². The molecular formula is C13H21ClN4O2S. The Hall–Kier alpha value is -0.630. The maximum absolute atomic E-state index is 12.6. The van der Waals surface area contributed by atoms with Gasteiger partial charge in [-0.15, -0.1) is 0 Å². The maximum Gasteiger partial charge on any atom is 0.263 e. The van der Waals surface area contributed by atoms with Gasteiger partial charge >= 0.3 is 0 Å². The largest absolute Gasteiger partial charge is 0.324 e. The quantitative estimate of drug-likeness (QED) is 0.837. The smallest absolute Gasteiger partial charge is 0.263 e. The molecule has 2 aliphatic heterocycles. The number of hydrogen-bond donors (Lipinski definition) is 0. The van der Waals surface area contributed by atoms with E-state index in [4.69, 9.17) is 11.6 Å². The van der Waals surface area contributed by atoms with Crippen LogP contribution in [0.4, 0.5) is 0 Å². The van der Waals surface area contributed by atoms with Gasteiger partial charge in [-0.05, 0) is 32.4 Å². The van der Waals surface area contributed by atoms with Crippen LogP contribution in [-0.2, 0) is 17.1 Å². The van der Waals surface area contributed by atoms with Crippen LogP contribution in [-0.4, -0.2) is 59.4 Å². The topological polar surface area (TPSA) is 58.4 Å². The van der Waals surface area contributed by atoms with Gasteiger partial charge in [-0.25, -0.2) is 13.4 Å². The number of likely N-dealkylation sites (tertiary alicyclic amines) is 1. The van der Waals surface area contributed by atoms with Gasteiger partial charge in [0.05, 0.1) is 6.33 Å². The average molecular weight is 333 g/mol. The summed E-state index contributed by atoms with van der Waals surface area (Å²) in [5, 5.41) is 0.155. The Bertz CT molecular complexity index is 610. The van der Waals surface area contributed by atoms with Crippen molar-refractivity contribution in [1.82, 2.24) is 18.8 Å². The number of nitrogens with zero attached hydrogens (tertiary/aromatic N) is 4. The lowest BCUT2D eigenvalue weighted by Gasteiger charge is -2.32. The van der Waals surface area contributed by atoms with E-state index in [1.807, 2.05) is 0 Å². The second-order valence-electron chi connectivity index (χ2n) is 5.85. The number of piperidine rings is 1. The molecule has 2 fully saturated rings. The van der Waals surface area contributed by atoms with Crippen LogP contribution in [0.15, 0.2) is 11.4 Å². The number of sulfonamides is 1. The standard InChI is InChI=1S/C13H21ClN4O2S/c1-16-10-15-13(12(16)14)21(19,20)18-8-5-11(9-18)17-6-3-2-4-7-17/h10-11H,2-9H2,1H3. The van der Waals surface area contributed by atoms with Gasteiger partial charge in [-0.2, -0.15) is 4.31 Å². The highest BCUT2D eigenvalue weighted by Crippen LogP contribution is 2.28. The van der Waals surface area contributed by atoms with Gasteiger partial charge in [0.2, 0.25) is 5.03 Å². The van der Waals surface area contributed by atoms with Crippen LogP contribution in [0.1, 0.15) is 25.7 Å². The second-order valence-corrected chi connectivity index (χ2v) is 8.06. The van der Waals surface area contributed by atoms with E-state index in [1.54, 1.807) is 7.05 Å². The molecule has 0 saturated carbocycles. The Kier molecular flexibility index (Phi) is 4.27. The predicted molar refractivity (Wildman–Crippen MR) is 80.8 cm³/mol. The third-order valence-electron chi connectivity index (χ3n) is 4.45. The van der Waals surface area contributed by atoms with Crippen LogP contribution < -0.4 is 0 Å². The molecule has 21 heavy (non-hydrogen) atoms. The summed E-state index contributed by atoms with van der Waals surface area (Å²) in [4.78, 5) is 6.39. The summed E-state index contributed by atoms with van der Waals surface area (Å²) in [5.74, 6) is 0. The number of rotatable bonds is 3. The van der Waals surface area contributed by atoms with Crippen LogP contribution in [0.5, 0.6) is 0 Å². The molecule has 1 aromatic rings. The molecule has 0 spiro atoms. The molecule has 0 amide bonds. The molecule has 0 radical (unpaired) electrons. The van der Waals surface area contributed by atoms with Crippen molar-refractivity contribution in [3.63, 3.8) is 0 Å². The minimum absolute atomic E-state index is 0.0223. The molecule has 1 unspecified atom stereocenters. The fourth-order valence-corrected chi connectivity index (χ4v) is 5.08. The zero-order chi connectivity index (χ0) is 15.0. The SMILES string of the molecule is Cn1cnc(S(=O)(=O)N2CCC(N3CCCCC3)C2)c1Cl. The van der Waals surface area contributed by atoms with Crippen LogP contribution in [0.2, 0.25) is 5.15 Å². The monoisotopic (exact) mass is 332 g/mol. The average Bonchev–Trinajstić information content (AvgIpc) is 3.09. The number of halogens is 1. The van der Waals surface area contributed by atoms with Crippen molar-refractivity contribution >= 4 is 21.6 Å². The summed E-state index contributed by atoms with van der Waals surface area (Å²) < 4.78 is 28.3. The molecule has 0 aromatic carbocycles. The van der Waals surface area contributed by atoms with E-state index in [9.17, 15) is 8.42 Å². The van der Waals surface area contributed by atoms with Crippen molar-refractivity contribution in [1.29, 1.82) is 0 Å². The summed E-state index contributed by atoms with van der Waals surface area (Å²) in [7, 11) is -1.89. The van der Waals surface area contributed by atoms with Gasteiger partial charge in [0, 0.05) is 26.2 Å². The zero-order valence-electron chi connectivity index (χ0n) is 12.2. The molecule has 2 aliphatic rings. The van der Waals surface area contributed by atoms with E-state index < -0.39 is 10.0 Å². The van der Waals surface area contributed by atoms with Crippen LogP contribution >= 0.6 is 11.6 Å². The maximum atomic E-state index is 12.6. The third-order valence-corrected chi connectivity index (χ3v) is 6.81. The van der Waals surface area contributed by atoms with E-state index in [1.165, 1.54) is 34.5 Å². The zero-order valence-corrected chi connectivity index (χ0v) is 13.8.